The van der Waals surface area contributed by atoms with Gasteiger partial charge in [0.05, 0.1) is 6.04 Å². The Balaban J connectivity index is 0.00000196. The monoisotopic (exact) mass is 377 g/mol. The van der Waals surface area contributed by atoms with Crippen molar-refractivity contribution in [2.45, 2.75) is 18.9 Å². The van der Waals surface area contributed by atoms with E-state index in [0.29, 0.717) is 36.3 Å². The quantitative estimate of drug-likeness (QED) is 0.703. The summed E-state index contributed by atoms with van der Waals surface area (Å²) in [5.74, 6) is 2.40. The molecule has 4 heterocycles. The summed E-state index contributed by atoms with van der Waals surface area (Å²) in [5, 5.41) is 11.5. The lowest BCUT2D eigenvalue weighted by atomic mass is 10.2. The number of halogens is 1. The number of hydrogen-bond acceptors (Lipinski definition) is 9. The van der Waals surface area contributed by atoms with Crippen LogP contribution in [0, 0.1) is 0 Å². The Morgan fingerprint density at radius 2 is 1.85 bits per heavy atom. The van der Waals surface area contributed by atoms with Crippen LogP contribution in [0.5, 0.6) is 0 Å². The number of rotatable bonds is 5. The lowest BCUT2D eigenvalue weighted by molar-refractivity contribution is 0.190. The van der Waals surface area contributed by atoms with Crippen LogP contribution in [0.1, 0.15) is 23.6 Å². The fourth-order valence-electron chi connectivity index (χ4n) is 2.79. The molecular formula is C16H20ClN7O2. The van der Waals surface area contributed by atoms with Crippen molar-refractivity contribution in [3.8, 4) is 11.4 Å². The van der Waals surface area contributed by atoms with E-state index in [4.69, 9.17) is 9.05 Å². The number of piperazine rings is 1. The van der Waals surface area contributed by atoms with Gasteiger partial charge >= 0.3 is 0 Å². The van der Waals surface area contributed by atoms with Crippen LogP contribution >= 0.6 is 12.4 Å². The van der Waals surface area contributed by atoms with E-state index in [-0.39, 0.29) is 18.4 Å². The molecule has 1 aliphatic rings. The van der Waals surface area contributed by atoms with Gasteiger partial charge in [-0.05, 0) is 19.2 Å². The molecule has 0 aromatic carbocycles. The fraction of sp³-hybridized carbons (Fsp3) is 0.438. The summed E-state index contributed by atoms with van der Waals surface area (Å²) < 4.78 is 10.7. The van der Waals surface area contributed by atoms with Crippen molar-refractivity contribution < 1.29 is 9.05 Å². The maximum Gasteiger partial charge on any atom is 0.227 e. The second kappa shape index (κ2) is 8.35. The molecule has 3 aromatic rings. The number of hydrogen-bond donors (Lipinski definition) is 1. The second-order valence-corrected chi connectivity index (χ2v) is 5.99. The minimum Gasteiger partial charge on any atom is -0.339 e. The van der Waals surface area contributed by atoms with Crippen LogP contribution in [0.2, 0.25) is 0 Å². The summed E-state index contributed by atoms with van der Waals surface area (Å²) in [7, 11) is 2.07. The molecule has 10 heteroatoms. The topological polar surface area (TPSA) is 106 Å². The SMILES string of the molecule is CN1CCNCC1c1noc(CCc2nc(-c3ccncc3)no2)n1.Cl. The summed E-state index contributed by atoms with van der Waals surface area (Å²) >= 11 is 0. The largest absolute Gasteiger partial charge is 0.339 e. The highest BCUT2D eigenvalue weighted by Crippen LogP contribution is 2.18. The maximum atomic E-state index is 5.37. The van der Waals surface area contributed by atoms with Crippen molar-refractivity contribution in [1.82, 2.24) is 35.5 Å². The highest BCUT2D eigenvalue weighted by Gasteiger charge is 2.25. The predicted octanol–water partition coefficient (Wildman–Crippen LogP) is 1.30. The molecule has 26 heavy (non-hydrogen) atoms. The Kier molecular flexibility index (Phi) is 5.92. The number of pyridine rings is 1. The lowest BCUT2D eigenvalue weighted by Gasteiger charge is -2.30. The third kappa shape index (κ3) is 4.06. The van der Waals surface area contributed by atoms with Crippen molar-refractivity contribution in [3.05, 3.63) is 42.1 Å². The third-order valence-electron chi connectivity index (χ3n) is 4.25. The van der Waals surface area contributed by atoms with Crippen LogP contribution in [0.4, 0.5) is 0 Å². The molecular weight excluding hydrogens is 358 g/mol. The number of likely N-dealkylation sites (N-methyl/N-ethyl adjacent to an activating group) is 1. The van der Waals surface area contributed by atoms with Gasteiger partial charge in [0.15, 0.2) is 5.82 Å². The fourth-order valence-corrected chi connectivity index (χ4v) is 2.79. The summed E-state index contributed by atoms with van der Waals surface area (Å²) in [6.07, 6.45) is 4.51. The molecule has 0 bridgehead atoms. The molecule has 1 unspecified atom stereocenters. The Labute approximate surface area is 156 Å². The number of aromatic nitrogens is 5. The average molecular weight is 378 g/mol. The smallest absolute Gasteiger partial charge is 0.227 e. The highest BCUT2D eigenvalue weighted by molar-refractivity contribution is 5.85. The summed E-state index contributed by atoms with van der Waals surface area (Å²) in [4.78, 5) is 15.1. The second-order valence-electron chi connectivity index (χ2n) is 5.99. The van der Waals surface area contributed by atoms with E-state index >= 15 is 0 Å². The lowest BCUT2D eigenvalue weighted by Crippen LogP contribution is -2.44. The normalized spacial score (nSPS) is 17.8. The predicted molar refractivity (Wildman–Crippen MR) is 94.7 cm³/mol. The summed E-state index contributed by atoms with van der Waals surface area (Å²) in [6.45, 7) is 2.78. The van der Waals surface area contributed by atoms with E-state index in [2.05, 4.69) is 42.5 Å². The minimum atomic E-state index is 0. The van der Waals surface area contributed by atoms with Crippen LogP contribution in [0.3, 0.4) is 0 Å². The van der Waals surface area contributed by atoms with E-state index in [1.54, 1.807) is 12.4 Å². The molecule has 1 N–H and O–H groups in total. The molecule has 9 nitrogen and oxygen atoms in total. The number of aryl methyl sites for hydroxylation is 2. The van der Waals surface area contributed by atoms with Gasteiger partial charge in [-0.2, -0.15) is 9.97 Å². The van der Waals surface area contributed by atoms with Crippen LogP contribution in [0.25, 0.3) is 11.4 Å². The Bertz CT molecular complexity index is 823. The van der Waals surface area contributed by atoms with E-state index < -0.39 is 0 Å². The van der Waals surface area contributed by atoms with Gasteiger partial charge in [-0.1, -0.05) is 10.3 Å². The number of nitrogens with zero attached hydrogens (tertiary/aromatic N) is 6. The van der Waals surface area contributed by atoms with E-state index in [0.717, 1.165) is 25.2 Å². The Morgan fingerprint density at radius 3 is 2.62 bits per heavy atom. The molecule has 3 aromatic heterocycles. The molecule has 0 spiro atoms. The zero-order valence-corrected chi connectivity index (χ0v) is 15.1. The van der Waals surface area contributed by atoms with Gasteiger partial charge in [0, 0.05) is 50.4 Å². The molecule has 1 atom stereocenters. The van der Waals surface area contributed by atoms with Crippen molar-refractivity contribution in [2.75, 3.05) is 26.7 Å². The van der Waals surface area contributed by atoms with Crippen molar-refractivity contribution >= 4 is 12.4 Å². The first-order valence-corrected chi connectivity index (χ1v) is 8.26. The minimum absolute atomic E-state index is 0. The van der Waals surface area contributed by atoms with Crippen molar-refractivity contribution in [2.24, 2.45) is 0 Å². The number of nitrogens with one attached hydrogen (secondary N) is 1. The van der Waals surface area contributed by atoms with Gasteiger partial charge in [0.2, 0.25) is 17.6 Å². The summed E-state index contributed by atoms with van der Waals surface area (Å²) in [6, 6.07) is 3.83. The van der Waals surface area contributed by atoms with Crippen LogP contribution < -0.4 is 5.32 Å². The van der Waals surface area contributed by atoms with Gasteiger partial charge in [0.25, 0.3) is 0 Å². The van der Waals surface area contributed by atoms with Gasteiger partial charge in [-0.25, -0.2) is 0 Å². The maximum absolute atomic E-state index is 5.37. The highest BCUT2D eigenvalue weighted by atomic mass is 35.5. The van der Waals surface area contributed by atoms with E-state index in [9.17, 15) is 0 Å². The molecule has 1 fully saturated rings. The molecule has 0 saturated carbocycles. The first-order chi connectivity index (χ1) is 12.3. The van der Waals surface area contributed by atoms with Crippen LogP contribution in [-0.4, -0.2) is 56.8 Å². The van der Waals surface area contributed by atoms with Gasteiger partial charge in [0.1, 0.15) is 0 Å². The molecule has 1 saturated heterocycles. The van der Waals surface area contributed by atoms with E-state index in [1.165, 1.54) is 0 Å². The molecule has 138 valence electrons. The Morgan fingerprint density at radius 1 is 1.12 bits per heavy atom. The molecule has 0 radical (unpaired) electrons. The molecule has 0 amide bonds. The molecule has 0 aliphatic carbocycles. The summed E-state index contributed by atoms with van der Waals surface area (Å²) in [5.41, 5.74) is 0.873. The van der Waals surface area contributed by atoms with Crippen LogP contribution in [0.15, 0.2) is 33.6 Å². The van der Waals surface area contributed by atoms with Gasteiger partial charge in [-0.3, -0.25) is 9.88 Å². The van der Waals surface area contributed by atoms with E-state index in [1.807, 2.05) is 12.1 Å². The van der Waals surface area contributed by atoms with Crippen molar-refractivity contribution in [3.63, 3.8) is 0 Å². The zero-order valence-electron chi connectivity index (χ0n) is 14.3. The van der Waals surface area contributed by atoms with Crippen molar-refractivity contribution in [1.29, 1.82) is 0 Å². The average Bonchev–Trinajstić information content (AvgIpc) is 3.31. The first kappa shape index (κ1) is 18.4. The van der Waals surface area contributed by atoms with Gasteiger partial charge < -0.3 is 14.4 Å². The first-order valence-electron chi connectivity index (χ1n) is 8.26. The zero-order chi connectivity index (χ0) is 17.1. The van der Waals surface area contributed by atoms with Crippen LogP contribution in [-0.2, 0) is 12.8 Å². The van der Waals surface area contributed by atoms with Gasteiger partial charge in [-0.15, -0.1) is 12.4 Å². The standard InChI is InChI=1S/C16H19N7O2.ClH/c1-23-9-8-18-10-12(23)16-20-14(25-22-16)3-2-13-19-15(21-24-13)11-4-6-17-7-5-11;/h4-7,12,18H,2-3,8-10H2,1H3;1H. The third-order valence-corrected chi connectivity index (χ3v) is 4.25. The molecule has 1 aliphatic heterocycles. The molecule has 4 rings (SSSR count). The Hall–Kier alpha value is -2.36.